The fraction of sp³-hybridized carbons (Fsp3) is 0.190. The highest BCUT2D eigenvalue weighted by Gasteiger charge is 2.12. The van der Waals surface area contributed by atoms with Gasteiger partial charge in [0.2, 0.25) is 5.91 Å². The largest absolute Gasteiger partial charge is 0.330 e. The predicted octanol–water partition coefficient (Wildman–Crippen LogP) is 4.34. The molecule has 0 atom stereocenters. The molecule has 0 aliphatic rings. The molecule has 3 rings (SSSR count). The van der Waals surface area contributed by atoms with Crippen LogP contribution in [0.25, 0.3) is 6.08 Å². The van der Waals surface area contributed by atoms with E-state index in [0.29, 0.717) is 13.1 Å². The molecule has 0 bridgehead atoms. The van der Waals surface area contributed by atoms with Gasteiger partial charge in [-0.05, 0) is 35.3 Å². The summed E-state index contributed by atoms with van der Waals surface area (Å²) in [7, 11) is 0. The molecule has 0 aliphatic heterocycles. The molecule has 3 aromatic rings. The summed E-state index contributed by atoms with van der Waals surface area (Å²) in [5.41, 5.74) is 5.97. The summed E-state index contributed by atoms with van der Waals surface area (Å²) in [6.45, 7) is 3.21. The predicted molar refractivity (Wildman–Crippen MR) is 105 cm³/mol. The second kappa shape index (κ2) is 9.06. The summed E-state index contributed by atoms with van der Waals surface area (Å²) in [5.74, 6) is -0.0404. The second-order valence-electron chi connectivity index (χ2n) is 5.97. The lowest BCUT2D eigenvalue weighted by molar-refractivity contribution is -0.127. The Labute approximate surface area is 157 Å². The third kappa shape index (κ3) is 5.10. The molecule has 0 N–H and O–H groups in total. The van der Waals surface area contributed by atoms with Crippen LogP contribution in [0.15, 0.2) is 65.8 Å². The number of nitrogens with zero attached hydrogens (tertiary/aromatic N) is 3. The maximum atomic E-state index is 12.8. The normalized spacial score (nSPS) is 11.0. The van der Waals surface area contributed by atoms with Crippen LogP contribution in [0.2, 0.25) is 0 Å². The van der Waals surface area contributed by atoms with E-state index in [-0.39, 0.29) is 5.91 Å². The number of aromatic nitrogens is 2. The fourth-order valence-corrected chi connectivity index (χ4v) is 3.11. The van der Waals surface area contributed by atoms with Crippen molar-refractivity contribution in [3.8, 4) is 0 Å². The Kier molecular flexibility index (Phi) is 6.28. The molecule has 2 aromatic heterocycles. The van der Waals surface area contributed by atoms with Crippen molar-refractivity contribution in [2.24, 2.45) is 0 Å². The highest BCUT2D eigenvalue weighted by atomic mass is 32.1. The third-order valence-corrected chi connectivity index (χ3v) is 4.67. The van der Waals surface area contributed by atoms with Crippen LogP contribution in [0.4, 0.5) is 0 Å². The molecule has 0 radical (unpaired) electrons. The number of carbonyl (C=O) groups excluding carboxylic acids is 1. The maximum Gasteiger partial charge on any atom is 0.247 e. The molecule has 0 fully saturated rings. The summed E-state index contributed by atoms with van der Waals surface area (Å²) in [5, 5.41) is 1.92. The van der Waals surface area contributed by atoms with Gasteiger partial charge < -0.3 is 4.90 Å². The Bertz CT molecular complexity index is 843. The van der Waals surface area contributed by atoms with Crippen LogP contribution >= 0.6 is 11.3 Å². The SMILES string of the molecule is CCc1ccc(CN(Cc2cccnc2)C(=O)/C=C/c2cscn2)cc1. The average molecular weight is 363 g/mol. The van der Waals surface area contributed by atoms with Crippen molar-refractivity contribution in [3.05, 3.63) is 88.1 Å². The summed E-state index contributed by atoms with van der Waals surface area (Å²) >= 11 is 1.51. The molecule has 5 heteroatoms. The van der Waals surface area contributed by atoms with Gasteiger partial charge in [-0.1, -0.05) is 37.3 Å². The van der Waals surface area contributed by atoms with Crippen molar-refractivity contribution >= 4 is 23.3 Å². The van der Waals surface area contributed by atoms with Crippen molar-refractivity contribution in [2.75, 3.05) is 0 Å². The number of thiazole rings is 1. The highest BCUT2D eigenvalue weighted by Crippen LogP contribution is 2.13. The first-order valence-electron chi connectivity index (χ1n) is 8.56. The number of hydrogen-bond donors (Lipinski definition) is 0. The molecular formula is C21H21N3OS. The number of aryl methyl sites for hydroxylation is 1. The molecule has 4 nitrogen and oxygen atoms in total. The van der Waals surface area contributed by atoms with Gasteiger partial charge in [0.05, 0.1) is 11.2 Å². The average Bonchev–Trinajstić information content (AvgIpc) is 3.20. The number of benzene rings is 1. The first kappa shape index (κ1) is 18.0. The van der Waals surface area contributed by atoms with Gasteiger partial charge in [-0.3, -0.25) is 9.78 Å². The van der Waals surface area contributed by atoms with Gasteiger partial charge in [0, 0.05) is 36.9 Å². The lowest BCUT2D eigenvalue weighted by Gasteiger charge is -2.21. The minimum absolute atomic E-state index is 0.0404. The van der Waals surface area contributed by atoms with E-state index < -0.39 is 0 Å². The lowest BCUT2D eigenvalue weighted by atomic mass is 10.1. The molecule has 0 spiro atoms. The molecule has 0 saturated carbocycles. The Balaban J connectivity index is 1.76. The minimum atomic E-state index is -0.0404. The quantitative estimate of drug-likeness (QED) is 0.587. The Morgan fingerprint density at radius 2 is 1.88 bits per heavy atom. The molecule has 26 heavy (non-hydrogen) atoms. The van der Waals surface area contributed by atoms with Gasteiger partial charge in [-0.15, -0.1) is 11.3 Å². The first-order valence-corrected chi connectivity index (χ1v) is 9.51. The lowest BCUT2D eigenvalue weighted by Crippen LogP contribution is -2.28. The number of pyridine rings is 1. The molecule has 1 aromatic carbocycles. The Hall–Kier alpha value is -2.79. The van der Waals surface area contributed by atoms with Gasteiger partial charge in [0.15, 0.2) is 0 Å². The van der Waals surface area contributed by atoms with Gasteiger partial charge >= 0.3 is 0 Å². The fourth-order valence-electron chi connectivity index (χ4n) is 2.59. The topological polar surface area (TPSA) is 46.1 Å². The standard InChI is InChI=1S/C21H21N3OS/c1-2-17-5-7-18(8-6-17)13-24(14-19-4-3-11-22-12-19)21(25)10-9-20-15-26-16-23-20/h3-12,15-16H,2,13-14H2,1H3/b10-9+. The second-order valence-corrected chi connectivity index (χ2v) is 6.69. The van der Waals surface area contributed by atoms with Gasteiger partial charge in [-0.2, -0.15) is 0 Å². The van der Waals surface area contributed by atoms with Crippen LogP contribution in [0, 0.1) is 0 Å². The van der Waals surface area contributed by atoms with Crippen LogP contribution in [-0.4, -0.2) is 20.8 Å². The van der Waals surface area contributed by atoms with Crippen molar-refractivity contribution < 1.29 is 4.79 Å². The zero-order chi connectivity index (χ0) is 18.2. The van der Waals surface area contributed by atoms with Gasteiger partial charge in [0.1, 0.15) is 0 Å². The summed E-state index contributed by atoms with van der Waals surface area (Å²) < 4.78 is 0. The van der Waals surface area contributed by atoms with Crippen LogP contribution < -0.4 is 0 Å². The molecule has 0 unspecified atom stereocenters. The zero-order valence-corrected chi connectivity index (χ0v) is 15.5. The van der Waals surface area contributed by atoms with E-state index in [2.05, 4.69) is 41.2 Å². The molecule has 2 heterocycles. The minimum Gasteiger partial charge on any atom is -0.330 e. The molecule has 132 valence electrons. The molecule has 0 saturated heterocycles. The van der Waals surface area contributed by atoms with Gasteiger partial charge in [-0.25, -0.2) is 4.98 Å². The molecular weight excluding hydrogens is 342 g/mol. The van der Waals surface area contributed by atoms with Crippen molar-refractivity contribution in [2.45, 2.75) is 26.4 Å². The van der Waals surface area contributed by atoms with Crippen molar-refractivity contribution in [3.63, 3.8) is 0 Å². The van der Waals surface area contributed by atoms with E-state index >= 15 is 0 Å². The Morgan fingerprint density at radius 1 is 1.12 bits per heavy atom. The molecule has 0 aliphatic carbocycles. The van der Waals surface area contributed by atoms with Gasteiger partial charge in [0.25, 0.3) is 0 Å². The van der Waals surface area contributed by atoms with Crippen LogP contribution in [0.3, 0.4) is 0 Å². The summed E-state index contributed by atoms with van der Waals surface area (Å²) in [4.78, 5) is 22.9. The maximum absolute atomic E-state index is 12.8. The van der Waals surface area contributed by atoms with E-state index in [1.165, 1.54) is 16.9 Å². The number of rotatable bonds is 7. The Morgan fingerprint density at radius 3 is 2.54 bits per heavy atom. The van der Waals surface area contributed by atoms with Crippen LogP contribution in [0.5, 0.6) is 0 Å². The van der Waals surface area contributed by atoms with E-state index in [1.807, 2.05) is 22.4 Å². The third-order valence-electron chi connectivity index (χ3n) is 4.06. The summed E-state index contributed by atoms with van der Waals surface area (Å²) in [6.07, 6.45) is 7.89. The van der Waals surface area contributed by atoms with Crippen molar-refractivity contribution in [1.29, 1.82) is 0 Å². The summed E-state index contributed by atoms with van der Waals surface area (Å²) in [6, 6.07) is 12.3. The van der Waals surface area contributed by atoms with Crippen molar-refractivity contribution in [1.82, 2.24) is 14.9 Å². The number of amides is 1. The van der Waals surface area contributed by atoms with E-state index in [4.69, 9.17) is 0 Å². The van der Waals surface area contributed by atoms with E-state index in [0.717, 1.165) is 23.2 Å². The van der Waals surface area contributed by atoms with E-state index in [1.54, 1.807) is 30.1 Å². The first-order chi connectivity index (χ1) is 12.7. The molecule has 1 amide bonds. The van der Waals surface area contributed by atoms with Crippen LogP contribution in [-0.2, 0) is 24.3 Å². The number of hydrogen-bond acceptors (Lipinski definition) is 4. The number of carbonyl (C=O) groups is 1. The smallest absolute Gasteiger partial charge is 0.247 e. The highest BCUT2D eigenvalue weighted by molar-refractivity contribution is 7.07. The zero-order valence-electron chi connectivity index (χ0n) is 14.7. The van der Waals surface area contributed by atoms with E-state index in [9.17, 15) is 4.79 Å². The monoisotopic (exact) mass is 363 g/mol. The van der Waals surface area contributed by atoms with Crippen LogP contribution in [0.1, 0.15) is 29.3 Å².